The fourth-order valence-electron chi connectivity index (χ4n) is 2.36. The standard InChI is InChI=1S/C16H16ClN3S/c1-9-7-11-12(8-19-9)13(18)3-4-14(11)20-10(2)15-5-6-16(17)21-15/h3-8,10,20H,18H2,1-2H3. The molecule has 3 nitrogen and oxygen atoms in total. The van der Waals surface area contributed by atoms with Crippen LogP contribution in [0.5, 0.6) is 0 Å². The predicted octanol–water partition coefficient (Wildman–Crippen LogP) is 5.01. The Balaban J connectivity index is 2.00. The van der Waals surface area contributed by atoms with E-state index >= 15 is 0 Å². The summed E-state index contributed by atoms with van der Waals surface area (Å²) in [4.78, 5) is 5.53. The van der Waals surface area contributed by atoms with Gasteiger partial charge < -0.3 is 11.1 Å². The van der Waals surface area contributed by atoms with Gasteiger partial charge in [0.25, 0.3) is 0 Å². The number of nitrogens with one attached hydrogen (secondary N) is 1. The van der Waals surface area contributed by atoms with Crippen LogP contribution in [-0.4, -0.2) is 4.98 Å². The van der Waals surface area contributed by atoms with Crippen LogP contribution in [0.4, 0.5) is 11.4 Å². The summed E-state index contributed by atoms with van der Waals surface area (Å²) in [5.74, 6) is 0. The Bertz CT molecular complexity index is 797. The number of benzene rings is 1. The molecule has 0 fully saturated rings. The summed E-state index contributed by atoms with van der Waals surface area (Å²) < 4.78 is 0.806. The third kappa shape index (κ3) is 2.82. The van der Waals surface area contributed by atoms with Crippen molar-refractivity contribution in [3.8, 4) is 0 Å². The van der Waals surface area contributed by atoms with Crippen molar-refractivity contribution in [2.45, 2.75) is 19.9 Å². The van der Waals surface area contributed by atoms with Gasteiger partial charge in [-0.2, -0.15) is 0 Å². The van der Waals surface area contributed by atoms with E-state index in [1.807, 2.05) is 31.3 Å². The molecule has 0 saturated carbocycles. The molecule has 0 radical (unpaired) electrons. The van der Waals surface area contributed by atoms with E-state index in [1.165, 1.54) is 4.88 Å². The van der Waals surface area contributed by atoms with E-state index in [0.717, 1.165) is 32.2 Å². The van der Waals surface area contributed by atoms with Crippen molar-refractivity contribution in [1.29, 1.82) is 0 Å². The van der Waals surface area contributed by atoms with Crippen LogP contribution in [0.2, 0.25) is 4.34 Å². The number of aromatic nitrogens is 1. The number of halogens is 1. The minimum Gasteiger partial charge on any atom is -0.398 e. The van der Waals surface area contributed by atoms with Gasteiger partial charge in [0.05, 0.1) is 10.4 Å². The lowest BCUT2D eigenvalue weighted by Crippen LogP contribution is -2.05. The monoisotopic (exact) mass is 317 g/mol. The number of hydrogen-bond donors (Lipinski definition) is 2. The maximum absolute atomic E-state index is 6.04. The number of fused-ring (bicyclic) bond motifs is 1. The van der Waals surface area contributed by atoms with E-state index in [4.69, 9.17) is 17.3 Å². The molecule has 21 heavy (non-hydrogen) atoms. The smallest absolute Gasteiger partial charge is 0.0932 e. The second kappa shape index (κ2) is 5.54. The van der Waals surface area contributed by atoms with Crippen molar-refractivity contribution in [2.24, 2.45) is 0 Å². The van der Waals surface area contributed by atoms with Gasteiger partial charge in [-0.15, -0.1) is 11.3 Å². The number of anilines is 2. The highest BCUT2D eigenvalue weighted by atomic mass is 35.5. The summed E-state index contributed by atoms with van der Waals surface area (Å²) >= 11 is 7.60. The van der Waals surface area contributed by atoms with E-state index in [0.29, 0.717) is 0 Å². The van der Waals surface area contributed by atoms with E-state index in [1.54, 1.807) is 11.3 Å². The summed E-state index contributed by atoms with van der Waals surface area (Å²) in [5, 5.41) is 5.61. The molecule has 108 valence electrons. The largest absolute Gasteiger partial charge is 0.398 e. The van der Waals surface area contributed by atoms with Crippen LogP contribution in [0.3, 0.4) is 0 Å². The van der Waals surface area contributed by atoms with E-state index in [-0.39, 0.29) is 6.04 Å². The SMILES string of the molecule is Cc1cc2c(NC(C)c3ccc(Cl)s3)ccc(N)c2cn1. The zero-order valence-electron chi connectivity index (χ0n) is 11.9. The lowest BCUT2D eigenvalue weighted by Gasteiger charge is -2.16. The van der Waals surface area contributed by atoms with Gasteiger partial charge in [0.2, 0.25) is 0 Å². The predicted molar refractivity (Wildman–Crippen MR) is 92.3 cm³/mol. The number of nitrogens with two attached hydrogens (primary N) is 1. The Labute approximate surface area is 132 Å². The number of hydrogen-bond acceptors (Lipinski definition) is 4. The maximum Gasteiger partial charge on any atom is 0.0932 e. The second-order valence-electron chi connectivity index (χ2n) is 5.08. The van der Waals surface area contributed by atoms with Gasteiger partial charge in [0.1, 0.15) is 0 Å². The number of nitrogens with zero attached hydrogens (tertiary/aromatic N) is 1. The van der Waals surface area contributed by atoms with Crippen LogP contribution >= 0.6 is 22.9 Å². The lowest BCUT2D eigenvalue weighted by molar-refractivity contribution is 0.910. The average molecular weight is 318 g/mol. The second-order valence-corrected chi connectivity index (χ2v) is 6.83. The van der Waals surface area contributed by atoms with E-state index < -0.39 is 0 Å². The van der Waals surface area contributed by atoms with Crippen LogP contribution in [-0.2, 0) is 0 Å². The third-order valence-electron chi connectivity index (χ3n) is 3.46. The highest BCUT2D eigenvalue weighted by molar-refractivity contribution is 7.16. The van der Waals surface area contributed by atoms with Gasteiger partial charge in [-0.25, -0.2) is 0 Å². The minimum atomic E-state index is 0.183. The first kappa shape index (κ1) is 14.2. The number of pyridine rings is 1. The molecule has 0 aliphatic rings. The first-order valence-corrected chi connectivity index (χ1v) is 7.90. The zero-order chi connectivity index (χ0) is 15.0. The summed E-state index contributed by atoms with van der Waals surface area (Å²) in [6.07, 6.45) is 1.83. The number of rotatable bonds is 3. The molecule has 5 heteroatoms. The fourth-order valence-corrected chi connectivity index (χ4v) is 3.42. The van der Waals surface area contributed by atoms with Crippen molar-refractivity contribution < 1.29 is 0 Å². The Morgan fingerprint density at radius 1 is 1.24 bits per heavy atom. The molecule has 1 atom stereocenters. The Kier molecular flexibility index (Phi) is 3.74. The molecule has 0 bridgehead atoms. The van der Waals surface area contributed by atoms with Gasteiger partial charge in [0, 0.05) is 38.9 Å². The van der Waals surface area contributed by atoms with Crippen LogP contribution in [0.25, 0.3) is 10.8 Å². The normalized spacial score (nSPS) is 12.5. The van der Waals surface area contributed by atoms with Gasteiger partial charge in [-0.1, -0.05) is 11.6 Å². The third-order valence-corrected chi connectivity index (χ3v) is 4.88. The fraction of sp³-hybridized carbons (Fsp3) is 0.188. The topological polar surface area (TPSA) is 50.9 Å². The van der Waals surface area contributed by atoms with Crippen molar-refractivity contribution >= 4 is 45.1 Å². The first-order chi connectivity index (χ1) is 10.0. The van der Waals surface area contributed by atoms with Crippen molar-refractivity contribution in [1.82, 2.24) is 4.98 Å². The van der Waals surface area contributed by atoms with Crippen LogP contribution in [0, 0.1) is 6.92 Å². The Hall–Kier alpha value is -1.78. The molecule has 0 saturated heterocycles. The molecule has 3 N–H and O–H groups in total. The average Bonchev–Trinajstić information content (AvgIpc) is 2.88. The zero-order valence-corrected chi connectivity index (χ0v) is 13.4. The van der Waals surface area contributed by atoms with E-state index in [2.05, 4.69) is 29.4 Å². The van der Waals surface area contributed by atoms with Crippen LogP contribution in [0.15, 0.2) is 36.5 Å². The quantitative estimate of drug-likeness (QED) is 0.667. The summed E-state index contributed by atoms with van der Waals surface area (Å²) in [6.45, 7) is 4.10. The molecule has 0 aliphatic heterocycles. The minimum absolute atomic E-state index is 0.183. The van der Waals surface area contributed by atoms with E-state index in [9.17, 15) is 0 Å². The molecular formula is C16H16ClN3S. The molecule has 2 aromatic heterocycles. The molecule has 2 heterocycles. The Morgan fingerprint density at radius 2 is 2.05 bits per heavy atom. The molecule has 3 rings (SSSR count). The molecule has 0 amide bonds. The molecular weight excluding hydrogens is 302 g/mol. The van der Waals surface area contributed by atoms with Crippen LogP contribution < -0.4 is 11.1 Å². The first-order valence-electron chi connectivity index (χ1n) is 6.71. The lowest BCUT2D eigenvalue weighted by atomic mass is 10.1. The maximum atomic E-state index is 6.04. The Morgan fingerprint density at radius 3 is 2.76 bits per heavy atom. The van der Waals surface area contributed by atoms with Crippen molar-refractivity contribution in [2.75, 3.05) is 11.1 Å². The summed E-state index contributed by atoms with van der Waals surface area (Å²) in [7, 11) is 0. The van der Waals surface area contributed by atoms with Crippen molar-refractivity contribution in [3.63, 3.8) is 0 Å². The molecule has 1 unspecified atom stereocenters. The number of aryl methyl sites for hydroxylation is 1. The molecule has 1 aromatic carbocycles. The number of thiophene rings is 1. The number of nitrogen functional groups attached to an aromatic ring is 1. The summed E-state index contributed by atoms with van der Waals surface area (Å²) in [5.41, 5.74) is 8.81. The van der Waals surface area contributed by atoms with Crippen LogP contribution in [0.1, 0.15) is 23.5 Å². The molecule has 3 aromatic rings. The summed E-state index contributed by atoms with van der Waals surface area (Å²) in [6, 6.07) is 10.1. The molecule has 0 spiro atoms. The van der Waals surface area contributed by atoms with Gasteiger partial charge in [-0.3, -0.25) is 4.98 Å². The van der Waals surface area contributed by atoms with Gasteiger partial charge in [-0.05, 0) is 44.2 Å². The highest BCUT2D eigenvalue weighted by Gasteiger charge is 2.11. The van der Waals surface area contributed by atoms with Gasteiger partial charge in [0.15, 0.2) is 0 Å². The van der Waals surface area contributed by atoms with Crippen molar-refractivity contribution in [3.05, 3.63) is 51.4 Å². The molecule has 0 aliphatic carbocycles. The highest BCUT2D eigenvalue weighted by Crippen LogP contribution is 2.33. The van der Waals surface area contributed by atoms with Gasteiger partial charge >= 0.3 is 0 Å².